The van der Waals surface area contributed by atoms with E-state index in [-0.39, 0.29) is 0 Å². The predicted octanol–water partition coefficient (Wildman–Crippen LogP) is 3.50. The Balaban J connectivity index is 2.85. The number of nitrogens with one attached hydrogen (secondary N) is 1. The van der Waals surface area contributed by atoms with Crippen molar-refractivity contribution in [2.45, 2.75) is 46.3 Å². The zero-order valence-electron chi connectivity index (χ0n) is 13.3. The average molecular weight is 360 g/mol. The van der Waals surface area contributed by atoms with Crippen molar-refractivity contribution < 1.29 is 14.6 Å². The maximum Gasteiger partial charge on any atom is 0.175 e. The van der Waals surface area contributed by atoms with Crippen LogP contribution in [-0.4, -0.2) is 30.5 Å². The molecule has 0 aliphatic rings. The van der Waals surface area contributed by atoms with Crippen LogP contribution in [0.25, 0.3) is 0 Å². The lowest BCUT2D eigenvalue weighted by Gasteiger charge is -2.19. The molecule has 0 aliphatic carbocycles. The van der Waals surface area contributed by atoms with E-state index in [1.54, 1.807) is 13.8 Å². The molecule has 0 aliphatic heterocycles. The predicted molar refractivity (Wildman–Crippen MR) is 89.1 cm³/mol. The van der Waals surface area contributed by atoms with E-state index in [2.05, 4.69) is 28.2 Å². The minimum Gasteiger partial charge on any atom is -0.490 e. The SMILES string of the molecule is CCNCc1cc(Br)c(OCCC(C)(C)O)c(OCC)c1. The number of aliphatic hydroxyl groups is 1. The summed E-state index contributed by atoms with van der Waals surface area (Å²) in [5.41, 5.74) is 0.408. The number of hydrogen-bond donors (Lipinski definition) is 2. The first-order valence-electron chi connectivity index (χ1n) is 7.38. The number of ether oxygens (including phenoxy) is 2. The van der Waals surface area contributed by atoms with Crippen molar-refractivity contribution in [2.75, 3.05) is 19.8 Å². The molecule has 0 fully saturated rings. The molecule has 0 unspecified atom stereocenters. The summed E-state index contributed by atoms with van der Waals surface area (Å²) in [6.45, 7) is 10.3. The van der Waals surface area contributed by atoms with Crippen molar-refractivity contribution in [1.29, 1.82) is 0 Å². The molecule has 0 amide bonds. The Bertz CT molecular complexity index is 444. The van der Waals surface area contributed by atoms with Gasteiger partial charge >= 0.3 is 0 Å². The first-order chi connectivity index (χ1) is 9.87. The van der Waals surface area contributed by atoms with Crippen molar-refractivity contribution in [3.05, 3.63) is 22.2 Å². The minimum absolute atomic E-state index is 0.439. The van der Waals surface area contributed by atoms with Gasteiger partial charge in [-0.1, -0.05) is 6.92 Å². The molecule has 0 aromatic heterocycles. The minimum atomic E-state index is -0.733. The molecule has 4 nitrogen and oxygen atoms in total. The molecule has 1 aromatic carbocycles. The van der Waals surface area contributed by atoms with E-state index in [4.69, 9.17) is 9.47 Å². The van der Waals surface area contributed by atoms with E-state index in [1.165, 1.54) is 0 Å². The van der Waals surface area contributed by atoms with Crippen LogP contribution >= 0.6 is 15.9 Å². The zero-order chi connectivity index (χ0) is 15.9. The first kappa shape index (κ1) is 18.3. The van der Waals surface area contributed by atoms with Gasteiger partial charge in [-0.2, -0.15) is 0 Å². The van der Waals surface area contributed by atoms with Crippen LogP contribution in [0, 0.1) is 0 Å². The van der Waals surface area contributed by atoms with Crippen molar-refractivity contribution in [3.8, 4) is 11.5 Å². The molecule has 0 spiro atoms. The average Bonchev–Trinajstić information content (AvgIpc) is 2.38. The van der Waals surface area contributed by atoms with Gasteiger partial charge in [0.1, 0.15) is 0 Å². The number of benzene rings is 1. The van der Waals surface area contributed by atoms with Crippen LogP contribution in [0.5, 0.6) is 11.5 Å². The maximum absolute atomic E-state index is 9.75. The third kappa shape index (κ3) is 6.68. The molecule has 0 bridgehead atoms. The highest BCUT2D eigenvalue weighted by atomic mass is 79.9. The molecule has 1 aromatic rings. The van der Waals surface area contributed by atoms with Crippen LogP contribution in [-0.2, 0) is 6.54 Å². The quantitative estimate of drug-likeness (QED) is 0.708. The Morgan fingerprint density at radius 1 is 1.24 bits per heavy atom. The van der Waals surface area contributed by atoms with Crippen LogP contribution < -0.4 is 14.8 Å². The fourth-order valence-electron chi connectivity index (χ4n) is 1.80. The van der Waals surface area contributed by atoms with Crippen molar-refractivity contribution >= 4 is 15.9 Å². The highest BCUT2D eigenvalue weighted by molar-refractivity contribution is 9.10. The van der Waals surface area contributed by atoms with Crippen LogP contribution in [0.3, 0.4) is 0 Å². The van der Waals surface area contributed by atoms with Crippen molar-refractivity contribution in [1.82, 2.24) is 5.32 Å². The number of rotatable bonds is 9. The molecular weight excluding hydrogens is 334 g/mol. The Kier molecular flexibility index (Phi) is 7.49. The maximum atomic E-state index is 9.75. The molecule has 0 radical (unpaired) electrons. The van der Waals surface area contributed by atoms with Gasteiger partial charge in [-0.05, 0) is 60.9 Å². The zero-order valence-corrected chi connectivity index (χ0v) is 14.9. The van der Waals surface area contributed by atoms with Gasteiger partial charge in [0.25, 0.3) is 0 Å². The van der Waals surface area contributed by atoms with Crippen LogP contribution in [0.2, 0.25) is 0 Å². The monoisotopic (exact) mass is 359 g/mol. The fraction of sp³-hybridized carbons (Fsp3) is 0.625. The Morgan fingerprint density at radius 3 is 2.52 bits per heavy atom. The molecule has 1 rings (SSSR count). The highest BCUT2D eigenvalue weighted by Gasteiger charge is 2.16. The summed E-state index contributed by atoms with van der Waals surface area (Å²) >= 11 is 3.55. The van der Waals surface area contributed by atoms with Gasteiger partial charge in [0.05, 0.1) is 23.3 Å². The normalized spacial score (nSPS) is 11.5. The molecular formula is C16H26BrNO3. The molecule has 0 atom stereocenters. The van der Waals surface area contributed by atoms with Gasteiger partial charge in [0.2, 0.25) is 0 Å². The summed E-state index contributed by atoms with van der Waals surface area (Å²) in [7, 11) is 0. The second-order valence-corrected chi connectivity index (χ2v) is 6.38. The molecule has 2 N–H and O–H groups in total. The molecule has 0 saturated heterocycles. The van der Waals surface area contributed by atoms with Gasteiger partial charge < -0.3 is 19.9 Å². The van der Waals surface area contributed by atoms with Crippen LogP contribution in [0.4, 0.5) is 0 Å². The third-order valence-corrected chi connectivity index (χ3v) is 3.50. The van der Waals surface area contributed by atoms with Crippen LogP contribution in [0.1, 0.15) is 39.7 Å². The van der Waals surface area contributed by atoms with Gasteiger partial charge in [0.15, 0.2) is 11.5 Å². The smallest absolute Gasteiger partial charge is 0.175 e. The number of hydrogen-bond acceptors (Lipinski definition) is 4. The van der Waals surface area contributed by atoms with E-state index in [9.17, 15) is 5.11 Å². The lowest BCUT2D eigenvalue weighted by atomic mass is 10.1. The highest BCUT2D eigenvalue weighted by Crippen LogP contribution is 2.37. The Morgan fingerprint density at radius 2 is 1.95 bits per heavy atom. The number of halogens is 1. The van der Waals surface area contributed by atoms with Gasteiger partial charge in [-0.3, -0.25) is 0 Å². The van der Waals surface area contributed by atoms with E-state index >= 15 is 0 Å². The fourth-order valence-corrected chi connectivity index (χ4v) is 2.40. The van der Waals surface area contributed by atoms with Crippen LogP contribution in [0.15, 0.2) is 16.6 Å². The summed E-state index contributed by atoms with van der Waals surface area (Å²) in [5.74, 6) is 1.43. The second-order valence-electron chi connectivity index (χ2n) is 5.53. The summed E-state index contributed by atoms with van der Waals surface area (Å²) in [5, 5.41) is 13.0. The van der Waals surface area contributed by atoms with E-state index in [0.717, 1.165) is 28.9 Å². The van der Waals surface area contributed by atoms with Gasteiger partial charge in [-0.25, -0.2) is 0 Å². The van der Waals surface area contributed by atoms with Crippen molar-refractivity contribution in [2.24, 2.45) is 0 Å². The van der Waals surface area contributed by atoms with E-state index < -0.39 is 5.60 Å². The summed E-state index contributed by atoms with van der Waals surface area (Å²) < 4.78 is 12.4. The second kappa shape index (κ2) is 8.61. The van der Waals surface area contributed by atoms with Gasteiger partial charge in [0, 0.05) is 13.0 Å². The Hall–Kier alpha value is -0.780. The van der Waals surface area contributed by atoms with E-state index in [1.807, 2.05) is 19.1 Å². The topological polar surface area (TPSA) is 50.7 Å². The standard InChI is InChI=1S/C16H26BrNO3/c1-5-18-11-12-9-13(17)15(14(10-12)20-6-2)21-8-7-16(3,4)19/h9-10,18-19H,5-8,11H2,1-4H3. The van der Waals surface area contributed by atoms with Gasteiger partial charge in [-0.15, -0.1) is 0 Å². The molecule has 0 heterocycles. The molecule has 120 valence electrons. The summed E-state index contributed by atoms with van der Waals surface area (Å²) in [6, 6.07) is 4.03. The summed E-state index contributed by atoms with van der Waals surface area (Å²) in [6.07, 6.45) is 0.560. The summed E-state index contributed by atoms with van der Waals surface area (Å²) in [4.78, 5) is 0. The lowest BCUT2D eigenvalue weighted by molar-refractivity contribution is 0.0547. The van der Waals surface area contributed by atoms with E-state index in [0.29, 0.717) is 25.4 Å². The third-order valence-electron chi connectivity index (χ3n) is 2.91. The lowest BCUT2D eigenvalue weighted by Crippen LogP contribution is -2.22. The molecule has 0 saturated carbocycles. The Labute approximate surface area is 136 Å². The van der Waals surface area contributed by atoms with Crippen molar-refractivity contribution in [3.63, 3.8) is 0 Å². The molecule has 21 heavy (non-hydrogen) atoms. The molecule has 5 heteroatoms. The first-order valence-corrected chi connectivity index (χ1v) is 8.17. The largest absolute Gasteiger partial charge is 0.490 e.